The first-order chi connectivity index (χ1) is 23.4. The first kappa shape index (κ1) is 34.8. The number of likely N-dealkylation sites (tertiary alicyclic amines) is 1. The number of rotatable bonds is 16. The highest BCUT2D eigenvalue weighted by atomic mass is 32.1. The van der Waals surface area contributed by atoms with Crippen molar-refractivity contribution in [3.63, 3.8) is 0 Å². The van der Waals surface area contributed by atoms with Crippen molar-refractivity contribution < 1.29 is 24.2 Å². The number of carbonyl (C=O) groups excluding carboxylic acids is 2. The first-order valence-corrected chi connectivity index (χ1v) is 17.7. The molecular weight excluding hydrogens is 625 g/mol. The van der Waals surface area contributed by atoms with Crippen LogP contribution < -0.4 is 10.1 Å². The molecule has 252 valence electrons. The molecule has 1 saturated heterocycles. The highest BCUT2D eigenvalue weighted by molar-refractivity contribution is 7.14. The van der Waals surface area contributed by atoms with E-state index in [0.717, 1.165) is 52.3 Å². The number of nitrogens with zero attached hydrogens (tertiary/aromatic N) is 3. The summed E-state index contributed by atoms with van der Waals surface area (Å²) < 4.78 is 5.89. The Hall–Kier alpha value is -4.57. The van der Waals surface area contributed by atoms with Crippen molar-refractivity contribution >= 4 is 29.1 Å². The summed E-state index contributed by atoms with van der Waals surface area (Å²) in [6.45, 7) is 5.31. The van der Waals surface area contributed by atoms with Crippen LogP contribution in [0.4, 0.5) is 0 Å². The minimum atomic E-state index is -1.03. The van der Waals surface area contributed by atoms with Crippen LogP contribution in [-0.2, 0) is 22.4 Å². The molecule has 2 aromatic carbocycles. The number of carboxylic acids is 1. The van der Waals surface area contributed by atoms with Gasteiger partial charge in [-0.3, -0.25) is 9.59 Å². The summed E-state index contributed by atoms with van der Waals surface area (Å²) >= 11 is 1.39. The van der Waals surface area contributed by atoms with Gasteiger partial charge in [0.25, 0.3) is 5.91 Å². The Bertz CT molecular complexity index is 1650. The van der Waals surface area contributed by atoms with Gasteiger partial charge in [0.2, 0.25) is 5.91 Å². The van der Waals surface area contributed by atoms with Crippen molar-refractivity contribution in [2.75, 3.05) is 13.2 Å². The van der Waals surface area contributed by atoms with Gasteiger partial charge in [0.1, 0.15) is 17.8 Å². The fourth-order valence-electron chi connectivity index (χ4n) is 5.90. The molecule has 48 heavy (non-hydrogen) atoms. The van der Waals surface area contributed by atoms with Gasteiger partial charge in [-0.15, -0.1) is 11.3 Å². The molecule has 3 heterocycles. The lowest BCUT2D eigenvalue weighted by molar-refractivity contribution is -0.148. The summed E-state index contributed by atoms with van der Waals surface area (Å²) in [6, 6.07) is 17.4. The number of aryl methyl sites for hydroxylation is 1. The van der Waals surface area contributed by atoms with Gasteiger partial charge < -0.3 is 20.1 Å². The Labute approximate surface area is 286 Å². The minimum absolute atomic E-state index is 0.220. The van der Waals surface area contributed by atoms with E-state index in [4.69, 9.17) is 4.74 Å². The number of unbranched alkanes of at least 4 members (excludes halogenated alkanes) is 4. The molecule has 0 saturated carbocycles. The Morgan fingerprint density at radius 3 is 2.29 bits per heavy atom. The molecule has 0 bridgehead atoms. The van der Waals surface area contributed by atoms with Crippen LogP contribution in [0.15, 0.2) is 73.1 Å². The van der Waals surface area contributed by atoms with Gasteiger partial charge in [-0.05, 0) is 61.1 Å². The number of hydrogen-bond acceptors (Lipinski definition) is 7. The number of carboxylic acid groups (broad SMARTS) is 1. The molecule has 2 atom stereocenters. The molecule has 1 fully saturated rings. The third kappa shape index (κ3) is 9.07. The number of benzene rings is 2. The molecule has 1 aliphatic rings. The molecule has 0 radical (unpaired) electrons. The molecule has 2 N–H and O–H groups in total. The first-order valence-electron chi connectivity index (χ1n) is 16.9. The Morgan fingerprint density at radius 2 is 1.62 bits per heavy atom. The maximum atomic E-state index is 13.7. The fraction of sp³-hybridized carbons (Fsp3) is 0.395. The molecule has 2 aromatic heterocycles. The summed E-state index contributed by atoms with van der Waals surface area (Å²) in [5.41, 5.74) is 3.54. The zero-order chi connectivity index (χ0) is 33.9. The van der Waals surface area contributed by atoms with Crippen molar-refractivity contribution in [1.82, 2.24) is 20.2 Å². The summed E-state index contributed by atoms with van der Waals surface area (Å²) in [7, 11) is 0. The largest absolute Gasteiger partial charge is 0.494 e. The number of carbonyl (C=O) groups is 3. The van der Waals surface area contributed by atoms with Crippen molar-refractivity contribution in [3.05, 3.63) is 88.4 Å². The topological polar surface area (TPSA) is 122 Å². The quantitative estimate of drug-likeness (QED) is 0.121. The van der Waals surface area contributed by atoms with Crippen LogP contribution in [0, 0.1) is 0 Å². The van der Waals surface area contributed by atoms with Crippen LogP contribution in [-0.4, -0.2) is 63.0 Å². The van der Waals surface area contributed by atoms with E-state index >= 15 is 0 Å². The normalized spacial score (nSPS) is 14.9. The van der Waals surface area contributed by atoms with Gasteiger partial charge in [-0.25, -0.2) is 14.8 Å². The Balaban J connectivity index is 1.23. The zero-order valence-corrected chi connectivity index (χ0v) is 28.5. The van der Waals surface area contributed by atoms with Gasteiger partial charge in [-0.1, -0.05) is 75.9 Å². The number of aromatic nitrogens is 2. The lowest BCUT2D eigenvalue weighted by Gasteiger charge is -2.27. The van der Waals surface area contributed by atoms with Crippen LogP contribution in [0.1, 0.15) is 78.9 Å². The minimum Gasteiger partial charge on any atom is -0.494 e. The van der Waals surface area contributed by atoms with Gasteiger partial charge in [0.15, 0.2) is 5.82 Å². The third-order valence-corrected chi connectivity index (χ3v) is 9.89. The molecule has 9 nitrogen and oxygen atoms in total. The second-order valence-electron chi connectivity index (χ2n) is 12.2. The standard InChI is InChI=1S/C38H44N4O5S/c1-3-5-6-7-8-22-47-30-17-15-27(16-18-30)29-24-39-35(40-25-29)28-13-11-26(12-14-28)23-32(37(44)42-21-9-10-33(42)38(45)46)41-36(43)34-20-19-31(4-2)48-34/h11-20,24-25,32-33H,3-10,21-23H2,1-2H3,(H,41,43)(H,45,46)/t32-,33-/m0/s1. The van der Waals surface area contributed by atoms with E-state index in [1.54, 1.807) is 18.5 Å². The van der Waals surface area contributed by atoms with E-state index in [2.05, 4.69) is 22.2 Å². The Kier molecular flexibility index (Phi) is 12.3. The Morgan fingerprint density at radius 1 is 0.917 bits per heavy atom. The number of ether oxygens (including phenoxy) is 1. The van der Waals surface area contributed by atoms with E-state index in [0.29, 0.717) is 30.1 Å². The van der Waals surface area contributed by atoms with Gasteiger partial charge >= 0.3 is 5.97 Å². The van der Waals surface area contributed by atoms with Crippen molar-refractivity contribution in [2.45, 2.75) is 83.7 Å². The molecule has 1 aliphatic heterocycles. The van der Waals surface area contributed by atoms with E-state index in [-0.39, 0.29) is 18.2 Å². The average Bonchev–Trinajstić information content (AvgIpc) is 3.81. The molecule has 2 amide bonds. The van der Waals surface area contributed by atoms with E-state index in [1.165, 1.54) is 41.9 Å². The van der Waals surface area contributed by atoms with E-state index in [1.807, 2.05) is 61.5 Å². The predicted octanol–water partition coefficient (Wildman–Crippen LogP) is 7.20. The molecule has 4 aromatic rings. The number of amides is 2. The zero-order valence-electron chi connectivity index (χ0n) is 27.7. The molecule has 0 spiro atoms. The average molecular weight is 669 g/mol. The monoisotopic (exact) mass is 668 g/mol. The lowest BCUT2D eigenvalue weighted by Crippen LogP contribution is -2.52. The SMILES string of the molecule is CCCCCCCOc1ccc(-c2cnc(-c3ccc(C[C@H](NC(=O)c4ccc(CC)s4)C(=O)N4CCC[C@H]4C(=O)O)cc3)nc2)cc1. The highest BCUT2D eigenvalue weighted by Gasteiger charge is 2.37. The smallest absolute Gasteiger partial charge is 0.326 e. The summed E-state index contributed by atoms with van der Waals surface area (Å²) in [6.07, 6.45) is 11.7. The summed E-state index contributed by atoms with van der Waals surface area (Å²) in [4.78, 5) is 50.8. The van der Waals surface area contributed by atoms with Gasteiger partial charge in [0, 0.05) is 41.4 Å². The third-order valence-electron chi connectivity index (χ3n) is 8.67. The highest BCUT2D eigenvalue weighted by Crippen LogP contribution is 2.25. The number of hydrogen-bond donors (Lipinski definition) is 2. The summed E-state index contributed by atoms with van der Waals surface area (Å²) in [5, 5.41) is 12.6. The second-order valence-corrected chi connectivity index (χ2v) is 13.3. The molecule has 10 heteroatoms. The maximum Gasteiger partial charge on any atom is 0.326 e. The van der Waals surface area contributed by atoms with Gasteiger partial charge in [-0.2, -0.15) is 0 Å². The van der Waals surface area contributed by atoms with Crippen LogP contribution in [0.3, 0.4) is 0 Å². The predicted molar refractivity (Wildman–Crippen MR) is 188 cm³/mol. The maximum absolute atomic E-state index is 13.7. The summed E-state index contributed by atoms with van der Waals surface area (Å²) in [5.74, 6) is -0.323. The molecule has 5 rings (SSSR count). The second kappa shape index (κ2) is 17.0. The fourth-order valence-corrected chi connectivity index (χ4v) is 6.75. The van der Waals surface area contributed by atoms with E-state index < -0.39 is 18.1 Å². The van der Waals surface area contributed by atoms with Crippen molar-refractivity contribution in [3.8, 4) is 28.3 Å². The van der Waals surface area contributed by atoms with Crippen LogP contribution in [0.5, 0.6) is 5.75 Å². The molecule has 0 aliphatic carbocycles. The van der Waals surface area contributed by atoms with Crippen LogP contribution >= 0.6 is 11.3 Å². The number of thiophene rings is 1. The number of nitrogens with one attached hydrogen (secondary N) is 1. The molecular formula is C38H44N4O5S. The van der Waals surface area contributed by atoms with Crippen molar-refractivity contribution in [2.24, 2.45) is 0 Å². The van der Waals surface area contributed by atoms with Crippen molar-refractivity contribution in [1.29, 1.82) is 0 Å². The lowest BCUT2D eigenvalue weighted by atomic mass is 10.0. The van der Waals surface area contributed by atoms with Gasteiger partial charge in [0.05, 0.1) is 11.5 Å². The van der Waals surface area contributed by atoms with Crippen LogP contribution in [0.25, 0.3) is 22.5 Å². The number of aliphatic carboxylic acids is 1. The molecule has 0 unspecified atom stereocenters. The van der Waals surface area contributed by atoms with E-state index in [9.17, 15) is 19.5 Å². The van der Waals surface area contributed by atoms with Crippen LogP contribution in [0.2, 0.25) is 0 Å².